The van der Waals surface area contributed by atoms with Crippen molar-refractivity contribution in [2.75, 3.05) is 33.2 Å². The van der Waals surface area contributed by atoms with E-state index in [2.05, 4.69) is 38.0 Å². The maximum absolute atomic E-state index is 3.33. The lowest BCUT2D eigenvalue weighted by Crippen LogP contribution is -2.27. The van der Waals surface area contributed by atoms with Gasteiger partial charge in [-0.2, -0.15) is 0 Å². The Morgan fingerprint density at radius 1 is 0.536 bits per heavy atom. The average Bonchev–Trinajstić information content (AvgIpc) is 2.72. The van der Waals surface area contributed by atoms with Gasteiger partial charge in [0.1, 0.15) is 0 Å². The van der Waals surface area contributed by atoms with Crippen LogP contribution in [0.4, 0.5) is 0 Å². The van der Waals surface area contributed by atoms with Crippen LogP contribution in [0, 0.1) is 17.8 Å². The number of rotatable bonds is 0. The molecule has 2 heteroatoms. The van der Waals surface area contributed by atoms with E-state index < -0.39 is 0 Å². The smallest absolute Gasteiger partial charge is 0.00218 e. The Hall–Kier alpha value is -0.0800. The van der Waals surface area contributed by atoms with Crippen molar-refractivity contribution in [2.45, 2.75) is 117 Å². The number of nitrogens with one attached hydrogen (secondary N) is 1. The van der Waals surface area contributed by atoms with Gasteiger partial charge in [0.2, 0.25) is 0 Å². The van der Waals surface area contributed by atoms with Crippen LogP contribution in [0.3, 0.4) is 0 Å². The van der Waals surface area contributed by atoms with Gasteiger partial charge in [0.05, 0.1) is 0 Å². The van der Waals surface area contributed by atoms with Gasteiger partial charge in [-0.25, -0.2) is 0 Å². The molecule has 2 saturated heterocycles. The van der Waals surface area contributed by atoms with Gasteiger partial charge >= 0.3 is 0 Å². The van der Waals surface area contributed by atoms with Crippen molar-refractivity contribution in [1.29, 1.82) is 0 Å². The predicted molar refractivity (Wildman–Crippen MR) is 127 cm³/mol. The normalized spacial score (nSPS) is 27.2. The second-order valence-electron chi connectivity index (χ2n) is 10.3. The monoisotopic (exact) mass is 394 g/mol. The van der Waals surface area contributed by atoms with Gasteiger partial charge in [0, 0.05) is 0 Å². The maximum Gasteiger partial charge on any atom is -0.00218 e. The van der Waals surface area contributed by atoms with Crippen LogP contribution in [-0.4, -0.2) is 38.1 Å². The van der Waals surface area contributed by atoms with E-state index in [4.69, 9.17) is 0 Å². The zero-order valence-electron chi connectivity index (χ0n) is 20.1. The van der Waals surface area contributed by atoms with Gasteiger partial charge in [-0.3, -0.25) is 0 Å². The fraction of sp³-hybridized carbons (Fsp3) is 1.00. The second-order valence-corrected chi connectivity index (χ2v) is 10.3. The summed E-state index contributed by atoms with van der Waals surface area (Å²) in [4.78, 5) is 2.39. The highest BCUT2D eigenvalue weighted by atomic mass is 15.1. The molecule has 4 aliphatic rings. The van der Waals surface area contributed by atoms with E-state index in [1.165, 1.54) is 122 Å². The highest BCUT2D eigenvalue weighted by Crippen LogP contribution is 2.22. The van der Waals surface area contributed by atoms with E-state index >= 15 is 0 Å². The molecule has 0 aromatic heterocycles. The van der Waals surface area contributed by atoms with E-state index in [-0.39, 0.29) is 0 Å². The summed E-state index contributed by atoms with van der Waals surface area (Å²) in [7, 11) is 2.19. The van der Waals surface area contributed by atoms with Crippen LogP contribution in [-0.2, 0) is 0 Å². The molecule has 28 heavy (non-hydrogen) atoms. The molecule has 0 unspecified atom stereocenters. The van der Waals surface area contributed by atoms with Gasteiger partial charge in [-0.1, -0.05) is 91.4 Å². The molecule has 4 rings (SSSR count). The highest BCUT2D eigenvalue weighted by molar-refractivity contribution is 4.63. The summed E-state index contributed by atoms with van der Waals surface area (Å²) in [6.45, 7) is 12.1. The molecule has 168 valence electrons. The van der Waals surface area contributed by atoms with Crippen molar-refractivity contribution in [3.8, 4) is 0 Å². The number of piperidine rings is 2. The lowest BCUT2D eigenvalue weighted by molar-refractivity contribution is 0.277. The van der Waals surface area contributed by atoms with Crippen LogP contribution < -0.4 is 5.32 Å². The van der Waals surface area contributed by atoms with E-state index in [1.807, 2.05) is 0 Å². The van der Waals surface area contributed by atoms with Crippen LogP contribution in [0.5, 0.6) is 0 Å². The minimum Gasteiger partial charge on any atom is -0.316 e. The number of hydrogen-bond acceptors (Lipinski definition) is 2. The molecule has 2 aliphatic carbocycles. The molecule has 4 fully saturated rings. The third-order valence-corrected chi connectivity index (χ3v) is 6.91. The van der Waals surface area contributed by atoms with Gasteiger partial charge in [0.15, 0.2) is 0 Å². The Labute approximate surface area is 178 Å². The molecule has 0 radical (unpaired) electrons. The number of likely N-dealkylation sites (tertiary alicyclic amines) is 1. The fourth-order valence-electron chi connectivity index (χ4n) is 4.69. The van der Waals surface area contributed by atoms with Crippen LogP contribution in [0.1, 0.15) is 117 Å². The van der Waals surface area contributed by atoms with Gasteiger partial charge < -0.3 is 10.2 Å². The zero-order chi connectivity index (χ0) is 20.5. The largest absolute Gasteiger partial charge is 0.316 e. The lowest BCUT2D eigenvalue weighted by atomic mass is 9.91. The number of hydrogen-bond donors (Lipinski definition) is 1. The van der Waals surface area contributed by atoms with Crippen molar-refractivity contribution in [3.63, 3.8) is 0 Å². The molecule has 2 nitrogen and oxygen atoms in total. The zero-order valence-corrected chi connectivity index (χ0v) is 20.1. The highest BCUT2D eigenvalue weighted by Gasteiger charge is 2.07. The van der Waals surface area contributed by atoms with E-state index in [0.29, 0.717) is 0 Å². The SMILES string of the molecule is CC1CCCCC1.CC1CCCCC1.CN1CCCCC1.C[C@H]1CCCNC1. The van der Waals surface area contributed by atoms with Crippen molar-refractivity contribution in [3.05, 3.63) is 0 Å². The maximum atomic E-state index is 3.33. The Balaban J connectivity index is 0.000000187. The Bertz CT molecular complexity index is 242. The molecular weight excluding hydrogens is 340 g/mol. The van der Waals surface area contributed by atoms with E-state index in [0.717, 1.165) is 17.8 Å². The molecule has 2 saturated carbocycles. The van der Waals surface area contributed by atoms with Crippen LogP contribution in [0.25, 0.3) is 0 Å². The standard InChI is InChI=1S/2C7H14.2C6H13N/c2*1-7-5-3-2-4-6-7;1-6-3-2-4-7-5-6;1-7-5-3-2-4-6-7/h2*7H,2-6H2,1H3;6-7H,2-5H2,1H3;2-6H2,1H3/t;;6-;/m..0./s1. The summed E-state index contributed by atoms with van der Waals surface area (Å²) in [5.41, 5.74) is 0. The third kappa shape index (κ3) is 15.8. The van der Waals surface area contributed by atoms with Crippen LogP contribution in [0.15, 0.2) is 0 Å². The first-order valence-electron chi connectivity index (χ1n) is 13.0. The lowest BCUT2D eigenvalue weighted by Gasteiger charge is -2.20. The summed E-state index contributed by atoms with van der Waals surface area (Å²) in [6, 6.07) is 0. The molecule has 0 aromatic carbocycles. The van der Waals surface area contributed by atoms with Gasteiger partial charge in [-0.05, 0) is 76.7 Å². The summed E-state index contributed by atoms with van der Waals surface area (Å²) in [5, 5.41) is 3.33. The van der Waals surface area contributed by atoms with Gasteiger partial charge in [-0.15, -0.1) is 0 Å². The Morgan fingerprint density at radius 3 is 1.18 bits per heavy atom. The van der Waals surface area contributed by atoms with Crippen molar-refractivity contribution in [1.82, 2.24) is 10.2 Å². The molecule has 2 aliphatic heterocycles. The Kier molecular flexibility index (Phi) is 16.5. The molecule has 0 amide bonds. The van der Waals surface area contributed by atoms with Crippen LogP contribution in [0.2, 0.25) is 0 Å². The van der Waals surface area contributed by atoms with Crippen LogP contribution >= 0.6 is 0 Å². The van der Waals surface area contributed by atoms with E-state index in [1.54, 1.807) is 0 Å². The topological polar surface area (TPSA) is 15.3 Å². The minimum absolute atomic E-state index is 0.925. The number of nitrogens with zero attached hydrogens (tertiary/aromatic N) is 1. The summed E-state index contributed by atoms with van der Waals surface area (Å²) in [5.74, 6) is 3.00. The molecule has 0 spiro atoms. The van der Waals surface area contributed by atoms with Crippen molar-refractivity contribution in [2.24, 2.45) is 17.8 Å². The quantitative estimate of drug-likeness (QED) is 0.464. The molecule has 0 aromatic rings. The van der Waals surface area contributed by atoms with Crippen molar-refractivity contribution < 1.29 is 0 Å². The average molecular weight is 395 g/mol. The molecular formula is C26H54N2. The minimum atomic E-state index is 0.925. The first kappa shape index (κ1) is 26.0. The molecule has 1 N–H and O–H groups in total. The van der Waals surface area contributed by atoms with Gasteiger partial charge in [0.25, 0.3) is 0 Å². The summed E-state index contributed by atoms with van der Waals surface area (Å²) < 4.78 is 0. The fourth-order valence-corrected chi connectivity index (χ4v) is 4.69. The Morgan fingerprint density at radius 2 is 0.964 bits per heavy atom. The predicted octanol–water partition coefficient (Wildman–Crippen LogP) is 7.28. The molecule has 1 atom stereocenters. The van der Waals surface area contributed by atoms with Crippen molar-refractivity contribution >= 4 is 0 Å². The van der Waals surface area contributed by atoms with E-state index in [9.17, 15) is 0 Å². The molecule has 0 bridgehead atoms. The third-order valence-electron chi connectivity index (χ3n) is 6.91. The molecule has 2 heterocycles. The first-order chi connectivity index (χ1) is 13.6. The summed E-state index contributed by atoms with van der Waals surface area (Å²) in [6.07, 6.45) is 21.9. The first-order valence-corrected chi connectivity index (χ1v) is 13.0. The second kappa shape index (κ2) is 17.8. The summed E-state index contributed by atoms with van der Waals surface area (Å²) >= 11 is 0.